The maximum absolute atomic E-state index is 12.2. The summed E-state index contributed by atoms with van der Waals surface area (Å²) < 4.78 is 0. The summed E-state index contributed by atoms with van der Waals surface area (Å²) in [6, 6.07) is 9.01. The summed E-state index contributed by atoms with van der Waals surface area (Å²) in [6.45, 7) is 0. The van der Waals surface area contributed by atoms with Gasteiger partial charge in [-0.05, 0) is 24.6 Å². The van der Waals surface area contributed by atoms with Gasteiger partial charge in [0.2, 0.25) is 0 Å². The van der Waals surface area contributed by atoms with Crippen molar-refractivity contribution < 1.29 is 15.2 Å². The third-order valence-electron chi connectivity index (χ3n) is 2.86. The molecule has 1 aliphatic carbocycles. The van der Waals surface area contributed by atoms with Gasteiger partial charge in [-0.2, -0.15) is 5.23 Å². The molecule has 3 N–H and O–H groups in total. The van der Waals surface area contributed by atoms with Crippen LogP contribution in [0.2, 0.25) is 0 Å². The molecule has 1 aromatic rings. The molecule has 0 bridgehead atoms. The predicted octanol–water partition coefficient (Wildman–Crippen LogP) is -0.289. The summed E-state index contributed by atoms with van der Waals surface area (Å²) in [5, 5.41) is 23.3. The number of para-hydroxylation sites is 1. The molecule has 0 saturated carbocycles. The summed E-state index contributed by atoms with van der Waals surface area (Å²) in [5.74, 6) is 0. The molecular formula is C13H17N3O3. The van der Waals surface area contributed by atoms with E-state index < -0.39 is 5.23 Å². The Balaban J connectivity index is 2.14. The van der Waals surface area contributed by atoms with Crippen molar-refractivity contribution in [2.24, 2.45) is 0 Å². The Morgan fingerprint density at radius 3 is 2.63 bits per heavy atom. The Morgan fingerprint density at radius 2 is 1.95 bits per heavy atom. The Hall–Kier alpha value is -1.54. The lowest BCUT2D eigenvalue weighted by molar-refractivity contribution is -1.03. The third kappa shape index (κ3) is 3.48. The van der Waals surface area contributed by atoms with E-state index in [0.717, 1.165) is 0 Å². The molecule has 0 saturated heterocycles. The van der Waals surface area contributed by atoms with Gasteiger partial charge < -0.3 is 15.5 Å². The van der Waals surface area contributed by atoms with E-state index in [1.165, 1.54) is 7.05 Å². The minimum absolute atomic E-state index is 0.0740. The number of hydroxylamine groups is 4. The van der Waals surface area contributed by atoms with E-state index in [-0.39, 0.29) is 5.06 Å². The lowest BCUT2D eigenvalue weighted by atomic mass is 10.1. The zero-order chi connectivity index (χ0) is 13.7. The van der Waals surface area contributed by atoms with Crippen molar-refractivity contribution in [1.29, 1.82) is 0 Å². The van der Waals surface area contributed by atoms with E-state index in [9.17, 15) is 10.4 Å². The molecule has 102 valence electrons. The third-order valence-corrected chi connectivity index (χ3v) is 2.86. The number of rotatable bonds is 5. The first-order valence-electron chi connectivity index (χ1n) is 6.11. The molecule has 2 rings (SSSR count). The van der Waals surface area contributed by atoms with Crippen LogP contribution >= 0.6 is 0 Å². The fourth-order valence-corrected chi connectivity index (χ4v) is 1.94. The average molecular weight is 263 g/mol. The van der Waals surface area contributed by atoms with Crippen LogP contribution in [-0.2, 0) is 4.94 Å². The monoisotopic (exact) mass is 263 g/mol. The van der Waals surface area contributed by atoms with E-state index in [2.05, 4.69) is 5.48 Å². The zero-order valence-corrected chi connectivity index (χ0v) is 10.7. The fourth-order valence-electron chi connectivity index (χ4n) is 1.94. The molecule has 0 heterocycles. The van der Waals surface area contributed by atoms with E-state index in [0.29, 0.717) is 29.9 Å². The minimum Gasteiger partial charge on any atom is -0.623 e. The molecule has 0 amide bonds. The molecule has 0 radical (unpaired) electrons. The van der Waals surface area contributed by atoms with Gasteiger partial charge in [0.1, 0.15) is 17.1 Å². The molecular weight excluding hydrogens is 246 g/mol. The van der Waals surface area contributed by atoms with Crippen molar-refractivity contribution >= 4 is 5.69 Å². The van der Waals surface area contributed by atoms with Crippen molar-refractivity contribution in [3.63, 3.8) is 0 Å². The number of benzene rings is 1. The first-order valence-corrected chi connectivity index (χ1v) is 6.11. The van der Waals surface area contributed by atoms with E-state index >= 15 is 0 Å². The predicted molar refractivity (Wildman–Crippen MR) is 70.3 cm³/mol. The number of hydrogen-bond donors (Lipinski definition) is 3. The van der Waals surface area contributed by atoms with Crippen LogP contribution in [0.25, 0.3) is 0 Å². The molecule has 0 aliphatic heterocycles. The smallest absolute Gasteiger partial charge is 0.148 e. The average Bonchev–Trinajstić information content (AvgIpc) is 2.48. The van der Waals surface area contributed by atoms with E-state index in [1.54, 1.807) is 18.2 Å². The largest absolute Gasteiger partial charge is 0.623 e. The van der Waals surface area contributed by atoms with Crippen LogP contribution in [0.3, 0.4) is 0 Å². The van der Waals surface area contributed by atoms with Crippen LogP contribution in [0, 0.1) is 10.4 Å². The van der Waals surface area contributed by atoms with E-state index in [4.69, 9.17) is 4.94 Å². The van der Waals surface area contributed by atoms with Crippen molar-refractivity contribution in [1.82, 2.24) is 5.48 Å². The van der Waals surface area contributed by atoms with Crippen LogP contribution < -0.4 is 15.8 Å². The van der Waals surface area contributed by atoms with Crippen molar-refractivity contribution in [2.75, 3.05) is 7.05 Å². The molecule has 2 unspecified atom stereocenters. The fraction of sp³-hybridized carbons (Fsp3) is 0.231. The van der Waals surface area contributed by atoms with E-state index in [1.807, 2.05) is 24.3 Å². The molecule has 1 aromatic carbocycles. The Morgan fingerprint density at radius 1 is 1.21 bits per heavy atom. The minimum atomic E-state index is -0.436. The van der Waals surface area contributed by atoms with Gasteiger partial charge in [-0.25, -0.2) is 0 Å². The standard InChI is InChI=1S/C13H17N3O3/c1-14-19-16(18)13-9-5-8-12(10-13)15(17)11-6-3-2-4-7-11/h2-4,6-8,10,14-16H,5,9H2,1H3. The zero-order valence-electron chi connectivity index (χ0n) is 10.7. The normalized spacial score (nSPS) is 18.5. The number of allylic oxidation sites excluding steroid dienone is 3. The van der Waals surface area contributed by atoms with Gasteiger partial charge >= 0.3 is 0 Å². The summed E-state index contributed by atoms with van der Waals surface area (Å²) >= 11 is 0. The molecule has 6 heteroatoms. The van der Waals surface area contributed by atoms with Crippen molar-refractivity contribution in [3.8, 4) is 0 Å². The topological polar surface area (TPSA) is 76.3 Å². The highest BCUT2D eigenvalue weighted by atomic mass is 17.0. The molecule has 0 spiro atoms. The Bertz CT molecular complexity index is 473. The van der Waals surface area contributed by atoms with Gasteiger partial charge in [-0.15, -0.1) is 10.4 Å². The summed E-state index contributed by atoms with van der Waals surface area (Å²) in [4.78, 5) is 4.72. The lowest BCUT2D eigenvalue weighted by Crippen LogP contribution is -3.06. The first kappa shape index (κ1) is 13.9. The van der Waals surface area contributed by atoms with Crippen LogP contribution in [0.1, 0.15) is 12.8 Å². The lowest BCUT2D eigenvalue weighted by Gasteiger charge is -2.27. The first-order chi connectivity index (χ1) is 9.22. The highest BCUT2D eigenvalue weighted by Crippen LogP contribution is 2.11. The van der Waals surface area contributed by atoms with Gasteiger partial charge in [0.25, 0.3) is 0 Å². The molecule has 6 nitrogen and oxygen atoms in total. The van der Waals surface area contributed by atoms with Crippen LogP contribution in [0.15, 0.2) is 53.9 Å². The molecule has 1 aliphatic rings. The highest BCUT2D eigenvalue weighted by Gasteiger charge is 2.18. The summed E-state index contributed by atoms with van der Waals surface area (Å²) in [7, 11) is 1.52. The van der Waals surface area contributed by atoms with Gasteiger partial charge in [0.15, 0.2) is 0 Å². The number of nitrogens with one attached hydrogen (secondary N) is 3. The Kier molecular flexibility index (Phi) is 4.80. The number of quaternary nitrogens is 2. The van der Waals surface area contributed by atoms with Gasteiger partial charge in [-0.1, -0.05) is 18.2 Å². The SMILES string of the molecule is CNO[NH+]([O-])C1=CC([NH+]([O-])c2ccccc2)=CCC1. The second kappa shape index (κ2) is 6.58. The van der Waals surface area contributed by atoms with Crippen LogP contribution in [0.4, 0.5) is 5.69 Å². The molecule has 2 atom stereocenters. The maximum Gasteiger partial charge on any atom is 0.148 e. The van der Waals surface area contributed by atoms with Crippen molar-refractivity contribution in [3.05, 3.63) is 64.3 Å². The van der Waals surface area contributed by atoms with Gasteiger partial charge in [-0.3, -0.25) is 0 Å². The van der Waals surface area contributed by atoms with Crippen LogP contribution in [-0.4, -0.2) is 7.05 Å². The van der Waals surface area contributed by atoms with Gasteiger partial charge in [0.05, 0.1) is 6.08 Å². The second-order valence-corrected chi connectivity index (χ2v) is 4.16. The summed E-state index contributed by atoms with van der Waals surface area (Å²) in [5.41, 5.74) is 4.02. The Labute approximate surface area is 111 Å². The summed E-state index contributed by atoms with van der Waals surface area (Å²) in [6.07, 6.45) is 4.72. The van der Waals surface area contributed by atoms with Gasteiger partial charge in [0, 0.05) is 13.5 Å². The molecule has 0 aromatic heterocycles. The number of hydrogen-bond acceptors (Lipinski definition) is 4. The molecule has 19 heavy (non-hydrogen) atoms. The van der Waals surface area contributed by atoms with Crippen molar-refractivity contribution in [2.45, 2.75) is 12.8 Å². The highest BCUT2D eigenvalue weighted by molar-refractivity contribution is 5.32. The second-order valence-electron chi connectivity index (χ2n) is 4.16. The van der Waals surface area contributed by atoms with Crippen LogP contribution in [0.5, 0.6) is 0 Å². The maximum atomic E-state index is 12.2. The molecule has 0 fully saturated rings. The quantitative estimate of drug-likeness (QED) is 0.638.